The van der Waals surface area contributed by atoms with Crippen LogP contribution >= 0.6 is 11.8 Å². The van der Waals surface area contributed by atoms with Gasteiger partial charge in [-0.2, -0.15) is 11.8 Å². The Morgan fingerprint density at radius 3 is 2.59 bits per heavy atom. The summed E-state index contributed by atoms with van der Waals surface area (Å²) < 4.78 is 0. The topological polar surface area (TPSA) is 15.3 Å². The van der Waals surface area contributed by atoms with Crippen LogP contribution in [-0.4, -0.2) is 48.1 Å². The highest BCUT2D eigenvalue weighted by Crippen LogP contribution is 2.28. The van der Waals surface area contributed by atoms with Crippen molar-refractivity contribution in [2.45, 2.75) is 57.7 Å². The molecular weight excluding hydrogens is 228 g/mol. The normalized spacial score (nSPS) is 25.4. The molecule has 1 saturated carbocycles. The lowest BCUT2D eigenvalue weighted by molar-refractivity contribution is 0.323. The van der Waals surface area contributed by atoms with Gasteiger partial charge in [0.1, 0.15) is 0 Å². The van der Waals surface area contributed by atoms with Crippen molar-refractivity contribution in [1.82, 2.24) is 10.2 Å². The van der Waals surface area contributed by atoms with Crippen LogP contribution in [0, 0.1) is 0 Å². The Labute approximate surface area is 112 Å². The average molecular weight is 258 g/mol. The van der Waals surface area contributed by atoms with Gasteiger partial charge in [0.05, 0.1) is 0 Å². The molecule has 1 rings (SSSR count). The van der Waals surface area contributed by atoms with Gasteiger partial charge in [0.2, 0.25) is 0 Å². The largest absolute Gasteiger partial charge is 0.314 e. The maximum Gasteiger partial charge on any atom is 0.00774 e. The molecule has 0 aromatic heterocycles. The lowest BCUT2D eigenvalue weighted by Gasteiger charge is -2.29. The second kappa shape index (κ2) is 9.23. The number of thioether (sulfide) groups is 1. The number of nitrogens with zero attached hydrogens (tertiary/aromatic N) is 1. The Morgan fingerprint density at radius 1 is 1.18 bits per heavy atom. The van der Waals surface area contributed by atoms with E-state index in [1.165, 1.54) is 51.1 Å². The van der Waals surface area contributed by atoms with Crippen LogP contribution in [0.25, 0.3) is 0 Å². The third kappa shape index (κ3) is 6.12. The van der Waals surface area contributed by atoms with Crippen molar-refractivity contribution >= 4 is 11.8 Å². The summed E-state index contributed by atoms with van der Waals surface area (Å²) in [5, 5.41) is 4.52. The van der Waals surface area contributed by atoms with E-state index in [1.54, 1.807) is 0 Å². The molecule has 0 radical (unpaired) electrons. The summed E-state index contributed by atoms with van der Waals surface area (Å²) in [6.07, 6.45) is 5.63. The van der Waals surface area contributed by atoms with Crippen molar-refractivity contribution < 1.29 is 0 Å². The summed E-state index contributed by atoms with van der Waals surface area (Å²) >= 11 is 2.20. The second-order valence-corrected chi connectivity index (χ2v) is 6.35. The van der Waals surface area contributed by atoms with Crippen LogP contribution in [0.15, 0.2) is 0 Å². The quantitative estimate of drug-likeness (QED) is 0.720. The zero-order chi connectivity index (χ0) is 12.5. The fourth-order valence-electron chi connectivity index (χ4n) is 2.66. The van der Waals surface area contributed by atoms with Crippen LogP contribution in [0.1, 0.15) is 46.5 Å². The monoisotopic (exact) mass is 258 g/mol. The molecule has 0 aromatic carbocycles. The first-order chi connectivity index (χ1) is 8.30. The van der Waals surface area contributed by atoms with Crippen LogP contribution in [0.4, 0.5) is 0 Å². The molecule has 1 aliphatic carbocycles. The molecule has 2 nitrogen and oxygen atoms in total. The first-order valence-electron chi connectivity index (χ1n) is 7.37. The van der Waals surface area contributed by atoms with Gasteiger partial charge in [-0.25, -0.2) is 0 Å². The molecule has 0 amide bonds. The molecule has 1 fully saturated rings. The molecule has 0 aliphatic heterocycles. The van der Waals surface area contributed by atoms with Crippen molar-refractivity contribution in [2.24, 2.45) is 0 Å². The Hall–Kier alpha value is 0.270. The molecule has 2 atom stereocenters. The summed E-state index contributed by atoms with van der Waals surface area (Å²) in [6, 6.07) is 0.791. The highest BCUT2D eigenvalue weighted by atomic mass is 32.2. The molecule has 102 valence electrons. The minimum Gasteiger partial charge on any atom is -0.314 e. The molecule has 0 bridgehead atoms. The summed E-state index contributed by atoms with van der Waals surface area (Å²) in [5.41, 5.74) is 0. The van der Waals surface area contributed by atoms with Gasteiger partial charge < -0.3 is 10.2 Å². The minimum absolute atomic E-state index is 0.791. The molecule has 17 heavy (non-hydrogen) atoms. The van der Waals surface area contributed by atoms with E-state index in [1.807, 2.05) is 0 Å². The summed E-state index contributed by atoms with van der Waals surface area (Å²) in [7, 11) is 0. The molecule has 0 saturated heterocycles. The Balaban J connectivity index is 2.13. The molecule has 1 aliphatic rings. The van der Waals surface area contributed by atoms with Crippen molar-refractivity contribution in [2.75, 3.05) is 31.9 Å². The SMILES string of the molecule is CCNC1CCCC(SCCN(CC)CC)C1. The van der Waals surface area contributed by atoms with E-state index in [0.29, 0.717) is 0 Å². The van der Waals surface area contributed by atoms with Gasteiger partial charge in [-0.1, -0.05) is 27.2 Å². The first kappa shape index (κ1) is 15.3. The lowest BCUT2D eigenvalue weighted by Crippen LogP contribution is -2.35. The zero-order valence-corrected chi connectivity index (χ0v) is 12.7. The first-order valence-corrected chi connectivity index (χ1v) is 8.42. The lowest BCUT2D eigenvalue weighted by atomic mass is 9.95. The van der Waals surface area contributed by atoms with E-state index in [0.717, 1.165) is 17.8 Å². The average Bonchev–Trinajstić information content (AvgIpc) is 2.36. The van der Waals surface area contributed by atoms with Gasteiger partial charge in [0.25, 0.3) is 0 Å². The van der Waals surface area contributed by atoms with Crippen LogP contribution in [0.5, 0.6) is 0 Å². The highest BCUT2D eigenvalue weighted by Gasteiger charge is 2.21. The van der Waals surface area contributed by atoms with Crippen LogP contribution in [0.2, 0.25) is 0 Å². The molecular formula is C14H30N2S. The van der Waals surface area contributed by atoms with E-state index in [2.05, 4.69) is 42.7 Å². The number of hydrogen-bond donors (Lipinski definition) is 1. The number of rotatable bonds is 8. The van der Waals surface area contributed by atoms with E-state index in [9.17, 15) is 0 Å². The van der Waals surface area contributed by atoms with Crippen LogP contribution in [-0.2, 0) is 0 Å². The fourth-order valence-corrected chi connectivity index (χ4v) is 4.06. The second-order valence-electron chi connectivity index (χ2n) is 4.94. The maximum atomic E-state index is 3.61. The van der Waals surface area contributed by atoms with Crippen LogP contribution in [0.3, 0.4) is 0 Å². The summed E-state index contributed by atoms with van der Waals surface area (Å²) in [6.45, 7) is 11.5. The van der Waals surface area contributed by atoms with Crippen molar-refractivity contribution in [1.29, 1.82) is 0 Å². The smallest absolute Gasteiger partial charge is 0.00774 e. The molecule has 3 heteroatoms. The van der Waals surface area contributed by atoms with E-state index in [-0.39, 0.29) is 0 Å². The summed E-state index contributed by atoms with van der Waals surface area (Å²) in [4.78, 5) is 2.53. The van der Waals surface area contributed by atoms with Crippen molar-refractivity contribution in [3.8, 4) is 0 Å². The van der Waals surface area contributed by atoms with Crippen molar-refractivity contribution in [3.05, 3.63) is 0 Å². The van der Waals surface area contributed by atoms with E-state index >= 15 is 0 Å². The fraction of sp³-hybridized carbons (Fsp3) is 1.00. The van der Waals surface area contributed by atoms with Gasteiger partial charge >= 0.3 is 0 Å². The summed E-state index contributed by atoms with van der Waals surface area (Å²) in [5.74, 6) is 1.31. The zero-order valence-electron chi connectivity index (χ0n) is 11.9. The Morgan fingerprint density at radius 2 is 1.94 bits per heavy atom. The van der Waals surface area contributed by atoms with Gasteiger partial charge in [-0.05, 0) is 38.9 Å². The van der Waals surface area contributed by atoms with E-state index < -0.39 is 0 Å². The van der Waals surface area contributed by atoms with E-state index in [4.69, 9.17) is 0 Å². The predicted molar refractivity (Wildman–Crippen MR) is 80.0 cm³/mol. The standard InChI is InChI=1S/C14H30N2S/c1-4-15-13-8-7-9-14(12-13)17-11-10-16(5-2)6-3/h13-15H,4-12H2,1-3H3. The predicted octanol–water partition coefficient (Wildman–Crippen LogP) is 2.98. The number of nitrogens with one attached hydrogen (secondary N) is 1. The minimum atomic E-state index is 0.791. The highest BCUT2D eigenvalue weighted by molar-refractivity contribution is 7.99. The molecule has 0 aromatic rings. The van der Waals surface area contributed by atoms with Gasteiger partial charge in [0.15, 0.2) is 0 Å². The molecule has 1 N–H and O–H groups in total. The van der Waals surface area contributed by atoms with Gasteiger partial charge in [0, 0.05) is 23.6 Å². The third-order valence-corrected chi connectivity index (χ3v) is 5.09. The molecule has 0 spiro atoms. The third-order valence-electron chi connectivity index (χ3n) is 3.77. The van der Waals surface area contributed by atoms with Crippen molar-refractivity contribution in [3.63, 3.8) is 0 Å². The number of hydrogen-bond acceptors (Lipinski definition) is 3. The molecule has 2 unspecified atom stereocenters. The Kier molecular flexibility index (Phi) is 8.33. The van der Waals surface area contributed by atoms with Gasteiger partial charge in [-0.3, -0.25) is 0 Å². The van der Waals surface area contributed by atoms with Gasteiger partial charge in [-0.15, -0.1) is 0 Å². The Bertz CT molecular complexity index is 181. The molecule has 0 heterocycles. The van der Waals surface area contributed by atoms with Crippen LogP contribution < -0.4 is 5.32 Å². The maximum absolute atomic E-state index is 3.61.